The zero-order valence-corrected chi connectivity index (χ0v) is 27.2. The van der Waals surface area contributed by atoms with Crippen LogP contribution >= 0.6 is 11.3 Å². The predicted molar refractivity (Wildman–Crippen MR) is 207 cm³/mol. The van der Waals surface area contributed by atoms with Gasteiger partial charge < -0.3 is 0 Å². The van der Waals surface area contributed by atoms with Crippen molar-refractivity contribution in [3.63, 3.8) is 0 Å². The second-order valence-corrected chi connectivity index (χ2v) is 13.5. The van der Waals surface area contributed by atoms with Crippen molar-refractivity contribution in [2.75, 3.05) is 0 Å². The van der Waals surface area contributed by atoms with E-state index in [2.05, 4.69) is 103 Å². The fourth-order valence-corrected chi connectivity index (χ4v) is 8.33. The zero-order valence-electron chi connectivity index (χ0n) is 26.3. The maximum Gasteiger partial charge on any atom is 0.164 e. The van der Waals surface area contributed by atoms with Gasteiger partial charge in [0.15, 0.2) is 17.5 Å². The molecule has 0 unspecified atom stereocenters. The standard InChI is InChI=1S/C45H27N3S/c1-3-12-28(13-4-1)43-46-44(29-14-5-2-6-15-29)48-45(47-43)31-23-25-40-39(27-31)42-32(20-11-21-41(42)49-40)30-22-24-37-35-18-8-7-16-33(35)34-17-9-10-19-36(34)38(37)26-30/h1-27H. The highest BCUT2D eigenvalue weighted by Gasteiger charge is 2.17. The van der Waals surface area contributed by atoms with Crippen LogP contribution in [0.25, 0.3) is 97.8 Å². The molecule has 0 saturated carbocycles. The Morgan fingerprint density at radius 1 is 0.306 bits per heavy atom. The summed E-state index contributed by atoms with van der Waals surface area (Å²) in [7, 11) is 0. The van der Waals surface area contributed by atoms with E-state index in [9.17, 15) is 0 Å². The highest BCUT2D eigenvalue weighted by molar-refractivity contribution is 7.26. The molecule has 0 N–H and O–H groups in total. The number of hydrogen-bond donors (Lipinski definition) is 0. The first-order chi connectivity index (χ1) is 24.3. The van der Waals surface area contributed by atoms with Crippen LogP contribution in [-0.4, -0.2) is 15.0 Å². The van der Waals surface area contributed by atoms with Crippen molar-refractivity contribution in [3.05, 3.63) is 164 Å². The third-order valence-corrected chi connectivity index (χ3v) is 10.6. The van der Waals surface area contributed by atoms with Crippen LogP contribution in [0, 0.1) is 0 Å². The third-order valence-electron chi connectivity index (χ3n) is 9.51. The van der Waals surface area contributed by atoms with Crippen molar-refractivity contribution in [2.24, 2.45) is 0 Å². The van der Waals surface area contributed by atoms with Crippen LogP contribution in [0.3, 0.4) is 0 Å². The average Bonchev–Trinajstić information content (AvgIpc) is 3.57. The summed E-state index contributed by atoms with van der Waals surface area (Å²) in [6.07, 6.45) is 0. The number of fused-ring (bicyclic) bond motifs is 9. The van der Waals surface area contributed by atoms with Gasteiger partial charge in [-0.25, -0.2) is 15.0 Å². The average molecular weight is 642 g/mol. The molecule has 0 radical (unpaired) electrons. The predicted octanol–water partition coefficient (Wildman–Crippen LogP) is 12.4. The summed E-state index contributed by atoms with van der Waals surface area (Å²) >= 11 is 1.83. The smallest absolute Gasteiger partial charge is 0.164 e. The van der Waals surface area contributed by atoms with E-state index >= 15 is 0 Å². The lowest BCUT2D eigenvalue weighted by atomic mass is 9.91. The molecule has 0 saturated heterocycles. The first kappa shape index (κ1) is 27.8. The van der Waals surface area contributed by atoms with E-state index in [0.29, 0.717) is 17.5 Å². The minimum Gasteiger partial charge on any atom is -0.208 e. The van der Waals surface area contributed by atoms with E-state index in [-0.39, 0.29) is 0 Å². The minimum absolute atomic E-state index is 0.662. The molecule has 0 bridgehead atoms. The molecule has 49 heavy (non-hydrogen) atoms. The van der Waals surface area contributed by atoms with Gasteiger partial charge >= 0.3 is 0 Å². The topological polar surface area (TPSA) is 38.7 Å². The molecule has 228 valence electrons. The van der Waals surface area contributed by atoms with Crippen LogP contribution in [-0.2, 0) is 0 Å². The van der Waals surface area contributed by atoms with E-state index in [1.54, 1.807) is 0 Å². The number of rotatable bonds is 4. The molecule has 0 fully saturated rings. The Morgan fingerprint density at radius 2 is 0.796 bits per heavy atom. The summed E-state index contributed by atoms with van der Waals surface area (Å²) in [4.78, 5) is 14.9. The van der Waals surface area contributed by atoms with Gasteiger partial charge in [0.2, 0.25) is 0 Å². The van der Waals surface area contributed by atoms with Gasteiger partial charge in [-0.15, -0.1) is 11.3 Å². The Balaban J connectivity index is 1.19. The van der Waals surface area contributed by atoms with E-state index in [0.717, 1.165) is 16.7 Å². The van der Waals surface area contributed by atoms with Crippen LogP contribution in [0.4, 0.5) is 0 Å². The largest absolute Gasteiger partial charge is 0.208 e. The van der Waals surface area contributed by atoms with Gasteiger partial charge in [0.1, 0.15) is 0 Å². The fraction of sp³-hybridized carbons (Fsp3) is 0. The van der Waals surface area contributed by atoms with Crippen molar-refractivity contribution in [2.45, 2.75) is 0 Å². The minimum atomic E-state index is 0.662. The van der Waals surface area contributed by atoms with Gasteiger partial charge in [-0.3, -0.25) is 0 Å². The molecule has 0 aliphatic heterocycles. The quantitative estimate of drug-likeness (QED) is 0.180. The molecule has 3 nitrogen and oxygen atoms in total. The number of aromatic nitrogens is 3. The SMILES string of the molecule is c1ccc(-c2nc(-c3ccccc3)nc(-c3ccc4sc5cccc(-c6ccc7c8ccccc8c8ccccc8c7c6)c5c4c3)n2)cc1. The first-order valence-electron chi connectivity index (χ1n) is 16.4. The number of benzene rings is 8. The van der Waals surface area contributed by atoms with Gasteiger partial charge in [-0.2, -0.15) is 0 Å². The third kappa shape index (κ3) is 4.61. The molecule has 2 aromatic heterocycles. The molecule has 10 rings (SSSR count). The van der Waals surface area contributed by atoms with Crippen molar-refractivity contribution >= 4 is 63.8 Å². The second-order valence-electron chi connectivity index (χ2n) is 12.4. The summed E-state index contributed by atoms with van der Waals surface area (Å²) < 4.78 is 2.50. The van der Waals surface area contributed by atoms with Gasteiger partial charge in [0.25, 0.3) is 0 Å². The van der Waals surface area contributed by atoms with E-state index < -0.39 is 0 Å². The molecular weight excluding hydrogens is 615 g/mol. The Hall–Kier alpha value is -6.23. The fourth-order valence-electron chi connectivity index (χ4n) is 7.22. The maximum atomic E-state index is 5.02. The second kappa shape index (κ2) is 11.2. The molecule has 0 aliphatic rings. The Kier molecular flexibility index (Phi) is 6.36. The van der Waals surface area contributed by atoms with Crippen LogP contribution in [0.1, 0.15) is 0 Å². The van der Waals surface area contributed by atoms with Gasteiger partial charge in [0.05, 0.1) is 0 Å². The summed E-state index contributed by atoms with van der Waals surface area (Å²) in [6.45, 7) is 0. The van der Waals surface area contributed by atoms with Gasteiger partial charge in [-0.1, -0.05) is 133 Å². The molecular formula is C45H27N3S. The molecule has 8 aromatic carbocycles. The lowest BCUT2D eigenvalue weighted by Gasteiger charge is -2.13. The van der Waals surface area contributed by atoms with Crippen molar-refractivity contribution in [1.29, 1.82) is 0 Å². The lowest BCUT2D eigenvalue weighted by Crippen LogP contribution is -2.00. The summed E-state index contributed by atoms with van der Waals surface area (Å²) in [5.41, 5.74) is 5.33. The van der Waals surface area contributed by atoms with Crippen LogP contribution < -0.4 is 0 Å². The van der Waals surface area contributed by atoms with E-state index in [4.69, 9.17) is 15.0 Å². The molecule has 4 heteroatoms. The summed E-state index contributed by atoms with van der Waals surface area (Å²) in [6, 6.07) is 58.1. The molecule has 10 aromatic rings. The van der Waals surface area contributed by atoms with Crippen LogP contribution in [0.15, 0.2) is 164 Å². The number of thiophene rings is 1. The van der Waals surface area contributed by atoms with Gasteiger partial charge in [0, 0.05) is 36.9 Å². The summed E-state index contributed by atoms with van der Waals surface area (Å²) in [5.74, 6) is 1.99. The molecule has 2 heterocycles. The lowest BCUT2D eigenvalue weighted by molar-refractivity contribution is 1.07. The zero-order chi connectivity index (χ0) is 32.3. The maximum absolute atomic E-state index is 5.02. The Morgan fingerprint density at radius 3 is 1.41 bits per heavy atom. The summed E-state index contributed by atoms with van der Waals surface area (Å²) in [5, 5.41) is 10.2. The molecule has 0 aliphatic carbocycles. The van der Waals surface area contributed by atoms with Crippen LogP contribution in [0.5, 0.6) is 0 Å². The van der Waals surface area contributed by atoms with Crippen molar-refractivity contribution in [1.82, 2.24) is 15.0 Å². The van der Waals surface area contributed by atoms with Crippen molar-refractivity contribution < 1.29 is 0 Å². The molecule has 0 spiro atoms. The normalized spacial score (nSPS) is 11.7. The molecule has 0 atom stereocenters. The van der Waals surface area contributed by atoms with E-state index in [1.165, 1.54) is 63.6 Å². The van der Waals surface area contributed by atoms with Crippen LogP contribution in [0.2, 0.25) is 0 Å². The van der Waals surface area contributed by atoms with Gasteiger partial charge in [-0.05, 0) is 73.8 Å². The number of hydrogen-bond acceptors (Lipinski definition) is 4. The molecule has 0 amide bonds. The van der Waals surface area contributed by atoms with E-state index in [1.807, 2.05) is 72.0 Å². The van der Waals surface area contributed by atoms with Crippen molar-refractivity contribution in [3.8, 4) is 45.3 Å². The Bertz CT molecular complexity index is 2780. The Labute approximate surface area is 286 Å². The highest BCUT2D eigenvalue weighted by Crippen LogP contribution is 2.43. The highest BCUT2D eigenvalue weighted by atomic mass is 32.1. The monoisotopic (exact) mass is 641 g/mol. The number of nitrogens with zero attached hydrogens (tertiary/aromatic N) is 3. The first-order valence-corrected chi connectivity index (χ1v) is 17.3.